The van der Waals surface area contributed by atoms with Gasteiger partial charge in [0, 0.05) is 5.69 Å². The summed E-state index contributed by atoms with van der Waals surface area (Å²) in [6, 6.07) is 0. The zero-order chi connectivity index (χ0) is 10.0. The van der Waals surface area contributed by atoms with Gasteiger partial charge in [0.05, 0.1) is 12.1 Å². The maximum atomic E-state index is 10.5. The highest BCUT2D eigenvalue weighted by molar-refractivity contribution is 5.70. The number of aromatic amines is 1. The number of hydrogen-bond acceptors (Lipinski definition) is 2. The maximum Gasteiger partial charge on any atom is 0.309 e. The molecule has 0 unspecified atom stereocenters. The van der Waals surface area contributed by atoms with Gasteiger partial charge < -0.3 is 5.11 Å². The molecular formula is C9H14N2O2. The largest absolute Gasteiger partial charge is 0.481 e. The molecule has 0 atom stereocenters. The van der Waals surface area contributed by atoms with Gasteiger partial charge in [-0.3, -0.25) is 9.89 Å². The molecule has 2 N–H and O–H groups in total. The van der Waals surface area contributed by atoms with E-state index in [2.05, 4.69) is 10.2 Å². The zero-order valence-electron chi connectivity index (χ0n) is 8.09. The lowest BCUT2D eigenvalue weighted by Crippen LogP contribution is -2.02. The Balaban J connectivity index is 2.92. The lowest BCUT2D eigenvalue weighted by molar-refractivity contribution is -0.136. The number of nitrogens with zero attached hydrogens (tertiary/aromatic N) is 1. The Morgan fingerprint density at radius 2 is 2.23 bits per heavy atom. The third-order valence-electron chi connectivity index (χ3n) is 2.02. The summed E-state index contributed by atoms with van der Waals surface area (Å²) in [6.45, 7) is 5.97. The predicted octanol–water partition coefficient (Wildman–Crippen LogP) is 1.47. The molecule has 1 aromatic rings. The molecule has 1 aromatic heterocycles. The lowest BCUT2D eigenvalue weighted by atomic mass is 10.0. The second kappa shape index (κ2) is 3.60. The zero-order valence-corrected chi connectivity index (χ0v) is 8.09. The van der Waals surface area contributed by atoms with E-state index in [4.69, 9.17) is 5.11 Å². The van der Waals surface area contributed by atoms with Gasteiger partial charge >= 0.3 is 5.97 Å². The number of H-pyrrole nitrogens is 1. The summed E-state index contributed by atoms with van der Waals surface area (Å²) in [4.78, 5) is 10.5. The topological polar surface area (TPSA) is 66.0 Å². The summed E-state index contributed by atoms with van der Waals surface area (Å²) >= 11 is 0. The van der Waals surface area contributed by atoms with Crippen molar-refractivity contribution in [1.29, 1.82) is 0 Å². The number of hydrogen-bond donors (Lipinski definition) is 2. The van der Waals surface area contributed by atoms with Crippen LogP contribution in [-0.4, -0.2) is 21.3 Å². The average Bonchev–Trinajstić information content (AvgIpc) is 2.32. The van der Waals surface area contributed by atoms with E-state index < -0.39 is 5.97 Å². The minimum absolute atomic E-state index is 0.0194. The first kappa shape index (κ1) is 9.77. The van der Waals surface area contributed by atoms with Gasteiger partial charge in [0.25, 0.3) is 0 Å². The monoisotopic (exact) mass is 182 g/mol. The highest BCUT2D eigenvalue weighted by Crippen LogP contribution is 2.18. The minimum Gasteiger partial charge on any atom is -0.481 e. The van der Waals surface area contributed by atoms with Crippen LogP contribution in [0.2, 0.25) is 0 Å². The summed E-state index contributed by atoms with van der Waals surface area (Å²) in [7, 11) is 0. The molecule has 0 aliphatic carbocycles. The Kier molecular flexibility index (Phi) is 2.70. The fourth-order valence-electron chi connectivity index (χ4n) is 1.34. The van der Waals surface area contributed by atoms with Crippen LogP contribution in [0.3, 0.4) is 0 Å². The average molecular weight is 182 g/mol. The van der Waals surface area contributed by atoms with Crippen LogP contribution in [0.5, 0.6) is 0 Å². The van der Waals surface area contributed by atoms with Gasteiger partial charge in [-0.25, -0.2) is 0 Å². The standard InChI is InChI=1S/C9H14N2O2/c1-5(2)9-6(3)7(10-11-9)4-8(12)13/h5H,4H2,1-3H3,(H,10,11)(H,12,13). The van der Waals surface area contributed by atoms with Crippen molar-refractivity contribution in [2.45, 2.75) is 33.1 Å². The molecule has 0 bridgehead atoms. The molecule has 13 heavy (non-hydrogen) atoms. The molecule has 4 nitrogen and oxygen atoms in total. The van der Waals surface area contributed by atoms with Gasteiger partial charge in [-0.05, 0) is 18.4 Å². The van der Waals surface area contributed by atoms with Crippen molar-refractivity contribution in [3.8, 4) is 0 Å². The smallest absolute Gasteiger partial charge is 0.309 e. The molecule has 0 aliphatic rings. The van der Waals surface area contributed by atoms with E-state index in [1.807, 2.05) is 20.8 Å². The first-order valence-electron chi connectivity index (χ1n) is 4.28. The van der Waals surface area contributed by atoms with E-state index >= 15 is 0 Å². The van der Waals surface area contributed by atoms with Crippen molar-refractivity contribution >= 4 is 5.97 Å². The van der Waals surface area contributed by atoms with Crippen LogP contribution in [0, 0.1) is 6.92 Å². The first-order chi connectivity index (χ1) is 6.02. The van der Waals surface area contributed by atoms with Crippen LogP contribution in [0.25, 0.3) is 0 Å². The van der Waals surface area contributed by atoms with Crippen molar-refractivity contribution in [1.82, 2.24) is 10.2 Å². The van der Waals surface area contributed by atoms with Crippen molar-refractivity contribution in [3.05, 3.63) is 17.0 Å². The highest BCUT2D eigenvalue weighted by atomic mass is 16.4. The fraction of sp³-hybridized carbons (Fsp3) is 0.556. The van der Waals surface area contributed by atoms with Gasteiger partial charge in [0.1, 0.15) is 0 Å². The molecule has 72 valence electrons. The van der Waals surface area contributed by atoms with Gasteiger partial charge in [-0.2, -0.15) is 5.10 Å². The minimum atomic E-state index is -0.831. The number of carboxylic acids is 1. The summed E-state index contributed by atoms with van der Waals surface area (Å²) in [6.07, 6.45) is 0.0194. The van der Waals surface area contributed by atoms with E-state index in [1.54, 1.807) is 0 Å². The number of rotatable bonds is 3. The van der Waals surface area contributed by atoms with Gasteiger partial charge in [-0.1, -0.05) is 13.8 Å². The molecule has 0 aliphatic heterocycles. The quantitative estimate of drug-likeness (QED) is 0.743. The molecular weight excluding hydrogens is 168 g/mol. The van der Waals surface area contributed by atoms with E-state index in [0.717, 1.165) is 11.3 Å². The number of aromatic nitrogens is 2. The van der Waals surface area contributed by atoms with Crippen LogP contribution in [0.1, 0.15) is 36.7 Å². The number of aliphatic carboxylic acids is 1. The fourth-order valence-corrected chi connectivity index (χ4v) is 1.34. The second-order valence-corrected chi connectivity index (χ2v) is 3.44. The molecule has 0 aromatic carbocycles. The van der Waals surface area contributed by atoms with Gasteiger partial charge in [-0.15, -0.1) is 0 Å². The normalized spacial score (nSPS) is 10.8. The summed E-state index contributed by atoms with van der Waals surface area (Å²) in [5.74, 6) is -0.499. The lowest BCUT2D eigenvalue weighted by Gasteiger charge is -2.00. The van der Waals surface area contributed by atoms with Crippen molar-refractivity contribution < 1.29 is 9.90 Å². The van der Waals surface area contributed by atoms with Crippen LogP contribution in [0.15, 0.2) is 0 Å². The summed E-state index contributed by atoms with van der Waals surface area (Å²) < 4.78 is 0. The molecule has 0 saturated heterocycles. The molecule has 0 radical (unpaired) electrons. The maximum absolute atomic E-state index is 10.5. The van der Waals surface area contributed by atoms with Gasteiger partial charge in [0.2, 0.25) is 0 Å². The summed E-state index contributed by atoms with van der Waals surface area (Å²) in [5.41, 5.74) is 2.63. The van der Waals surface area contributed by atoms with E-state index in [-0.39, 0.29) is 6.42 Å². The molecule has 0 amide bonds. The highest BCUT2D eigenvalue weighted by Gasteiger charge is 2.13. The Hall–Kier alpha value is -1.32. The number of carboxylic acid groups (broad SMARTS) is 1. The second-order valence-electron chi connectivity index (χ2n) is 3.44. The van der Waals surface area contributed by atoms with Crippen LogP contribution >= 0.6 is 0 Å². The van der Waals surface area contributed by atoms with Crippen molar-refractivity contribution in [2.24, 2.45) is 0 Å². The van der Waals surface area contributed by atoms with Crippen molar-refractivity contribution in [2.75, 3.05) is 0 Å². The molecule has 0 fully saturated rings. The van der Waals surface area contributed by atoms with E-state index in [0.29, 0.717) is 11.6 Å². The Morgan fingerprint density at radius 1 is 1.62 bits per heavy atom. The molecule has 4 heteroatoms. The third kappa shape index (κ3) is 2.08. The molecule has 0 saturated carbocycles. The third-order valence-corrected chi connectivity index (χ3v) is 2.02. The van der Waals surface area contributed by atoms with Crippen LogP contribution < -0.4 is 0 Å². The Labute approximate surface area is 77.0 Å². The van der Waals surface area contributed by atoms with Crippen molar-refractivity contribution in [3.63, 3.8) is 0 Å². The molecule has 1 rings (SSSR count). The molecule has 0 spiro atoms. The number of carbonyl (C=O) groups is 1. The van der Waals surface area contributed by atoms with Crippen LogP contribution in [0.4, 0.5) is 0 Å². The Bertz CT molecular complexity index is 315. The number of nitrogens with one attached hydrogen (secondary N) is 1. The predicted molar refractivity (Wildman–Crippen MR) is 48.8 cm³/mol. The Morgan fingerprint density at radius 3 is 2.62 bits per heavy atom. The van der Waals surface area contributed by atoms with Gasteiger partial charge in [0.15, 0.2) is 0 Å². The van der Waals surface area contributed by atoms with Crippen LogP contribution in [-0.2, 0) is 11.2 Å². The SMILES string of the molecule is Cc1c(C(C)C)n[nH]c1CC(=O)O. The van der Waals surface area contributed by atoms with E-state index in [9.17, 15) is 4.79 Å². The first-order valence-corrected chi connectivity index (χ1v) is 4.28. The van der Waals surface area contributed by atoms with E-state index in [1.165, 1.54) is 0 Å². The molecule has 1 heterocycles. The summed E-state index contributed by atoms with van der Waals surface area (Å²) in [5, 5.41) is 15.4.